The number of nitrogens with one attached hydrogen (secondary N) is 1. The minimum absolute atomic E-state index is 0.0581. The van der Waals surface area contributed by atoms with E-state index in [1.54, 1.807) is 19.1 Å². The molecule has 0 unspecified atom stereocenters. The summed E-state index contributed by atoms with van der Waals surface area (Å²) < 4.78 is 17.9. The van der Waals surface area contributed by atoms with Gasteiger partial charge in [-0.1, -0.05) is 25.1 Å². The van der Waals surface area contributed by atoms with Gasteiger partial charge in [-0.05, 0) is 55.7 Å². The molecule has 4 aromatic rings. The van der Waals surface area contributed by atoms with Crippen molar-refractivity contribution in [2.75, 3.05) is 11.9 Å². The number of amides is 1. The fraction of sp³-hybridized carbons (Fsp3) is 0.240. The average molecular weight is 447 g/mol. The van der Waals surface area contributed by atoms with Crippen molar-refractivity contribution in [3.63, 3.8) is 0 Å². The van der Waals surface area contributed by atoms with E-state index in [2.05, 4.69) is 17.2 Å². The molecule has 0 aliphatic carbocycles. The third kappa shape index (κ3) is 5.41. The van der Waals surface area contributed by atoms with Crippen LogP contribution in [0.3, 0.4) is 0 Å². The highest BCUT2D eigenvalue weighted by Crippen LogP contribution is 2.26. The summed E-state index contributed by atoms with van der Waals surface area (Å²) in [7, 11) is 0. The molecule has 0 aliphatic heterocycles. The van der Waals surface area contributed by atoms with Crippen LogP contribution in [0.15, 0.2) is 63.9 Å². The summed E-state index contributed by atoms with van der Waals surface area (Å²) in [4.78, 5) is 29.1. The first-order valence-corrected chi connectivity index (χ1v) is 10.7. The van der Waals surface area contributed by atoms with Crippen molar-refractivity contribution in [3.8, 4) is 11.5 Å². The third-order valence-electron chi connectivity index (χ3n) is 5.01. The molecule has 8 heteroatoms. The van der Waals surface area contributed by atoms with Gasteiger partial charge in [0.2, 0.25) is 0 Å². The van der Waals surface area contributed by atoms with Crippen molar-refractivity contribution in [2.45, 2.75) is 33.8 Å². The van der Waals surface area contributed by atoms with Crippen LogP contribution in [0, 0.1) is 13.8 Å². The Hall–Kier alpha value is -4.07. The predicted molar refractivity (Wildman–Crippen MR) is 124 cm³/mol. The van der Waals surface area contributed by atoms with Gasteiger partial charge < -0.3 is 19.3 Å². The van der Waals surface area contributed by atoms with Crippen LogP contribution in [0.2, 0.25) is 0 Å². The Morgan fingerprint density at radius 1 is 1.06 bits per heavy atom. The van der Waals surface area contributed by atoms with Crippen LogP contribution in [-0.2, 0) is 17.8 Å². The van der Waals surface area contributed by atoms with Gasteiger partial charge >= 0.3 is 0 Å². The zero-order valence-corrected chi connectivity index (χ0v) is 18.8. The Labute approximate surface area is 190 Å². The summed E-state index contributed by atoms with van der Waals surface area (Å²) >= 11 is 0. The van der Waals surface area contributed by atoms with Gasteiger partial charge in [0.05, 0.1) is 11.4 Å². The minimum Gasteiger partial charge on any atom is -0.485 e. The van der Waals surface area contributed by atoms with E-state index in [1.165, 1.54) is 11.6 Å². The summed E-state index contributed by atoms with van der Waals surface area (Å²) in [5, 5.41) is 2.82. The lowest BCUT2D eigenvalue weighted by Crippen LogP contribution is -2.20. The SMILES string of the molecule is CCc1ccc(OCC(=O)Nc2ccc(C)cc2OCc2cc(=O)n3oc(C)cc3n2)cc1. The molecule has 0 saturated heterocycles. The number of aryl methyl sites for hydroxylation is 3. The Bertz CT molecular complexity index is 1340. The molecule has 0 atom stereocenters. The summed E-state index contributed by atoms with van der Waals surface area (Å²) in [6, 6.07) is 16.1. The lowest BCUT2D eigenvalue weighted by atomic mass is 10.2. The first kappa shape index (κ1) is 22.1. The number of nitrogens with zero attached hydrogens (tertiary/aromatic N) is 2. The van der Waals surface area contributed by atoms with Gasteiger partial charge in [-0.25, -0.2) is 4.98 Å². The van der Waals surface area contributed by atoms with Crippen LogP contribution in [0.1, 0.15) is 29.5 Å². The van der Waals surface area contributed by atoms with Gasteiger partial charge in [-0.3, -0.25) is 9.59 Å². The minimum atomic E-state index is -0.325. The van der Waals surface area contributed by atoms with Crippen LogP contribution in [0.25, 0.3) is 5.65 Å². The second-order valence-electron chi connectivity index (χ2n) is 7.71. The molecule has 1 N–H and O–H groups in total. The predicted octanol–water partition coefficient (Wildman–Crippen LogP) is 4.06. The number of ether oxygens (including phenoxy) is 2. The number of rotatable bonds is 8. The van der Waals surface area contributed by atoms with Gasteiger partial charge in [-0.2, -0.15) is 0 Å². The monoisotopic (exact) mass is 447 g/mol. The van der Waals surface area contributed by atoms with Crippen LogP contribution >= 0.6 is 0 Å². The van der Waals surface area contributed by atoms with E-state index < -0.39 is 0 Å². The van der Waals surface area contributed by atoms with Crippen LogP contribution < -0.4 is 20.3 Å². The molecule has 0 saturated carbocycles. The second kappa shape index (κ2) is 9.60. The molecular formula is C25H25N3O5. The Balaban J connectivity index is 1.42. The zero-order chi connectivity index (χ0) is 23.4. The highest BCUT2D eigenvalue weighted by Gasteiger charge is 2.12. The van der Waals surface area contributed by atoms with Crippen LogP contribution in [0.5, 0.6) is 11.5 Å². The molecule has 170 valence electrons. The number of carbonyl (C=O) groups excluding carboxylic acids is 1. The smallest absolute Gasteiger partial charge is 0.287 e. The van der Waals surface area contributed by atoms with E-state index in [1.807, 2.05) is 43.3 Å². The first-order valence-electron chi connectivity index (χ1n) is 10.7. The highest BCUT2D eigenvalue weighted by molar-refractivity contribution is 5.93. The van der Waals surface area contributed by atoms with E-state index in [9.17, 15) is 9.59 Å². The highest BCUT2D eigenvalue weighted by atomic mass is 16.5. The number of aromatic nitrogens is 2. The molecule has 2 aromatic carbocycles. The van der Waals surface area contributed by atoms with Gasteiger partial charge in [-0.15, -0.1) is 4.57 Å². The summed E-state index contributed by atoms with van der Waals surface area (Å²) in [6.07, 6.45) is 0.941. The number of hydrogen-bond donors (Lipinski definition) is 1. The van der Waals surface area contributed by atoms with Crippen molar-refractivity contribution >= 4 is 17.2 Å². The zero-order valence-electron chi connectivity index (χ0n) is 18.8. The van der Waals surface area contributed by atoms with Crippen LogP contribution in [0.4, 0.5) is 5.69 Å². The summed E-state index contributed by atoms with van der Waals surface area (Å²) in [5.41, 5.74) is 3.22. The standard InChI is InChI=1S/C25H25N3O5/c1-4-18-6-8-20(9-7-18)31-15-24(29)27-21-10-5-16(2)11-22(21)32-14-19-13-25(30)28-23(26-19)12-17(3)33-28/h5-13H,4,14-15H2,1-3H3,(H,27,29). The maximum absolute atomic E-state index is 12.5. The third-order valence-corrected chi connectivity index (χ3v) is 5.01. The van der Waals surface area contributed by atoms with E-state index >= 15 is 0 Å². The van der Waals surface area contributed by atoms with Crippen LogP contribution in [-0.4, -0.2) is 22.1 Å². The molecule has 4 rings (SSSR count). The molecule has 0 bridgehead atoms. The number of benzene rings is 2. The van der Waals surface area contributed by atoms with Crippen molar-refractivity contribution in [1.82, 2.24) is 9.56 Å². The molecule has 0 fully saturated rings. The van der Waals surface area contributed by atoms with Crippen molar-refractivity contribution in [3.05, 3.63) is 87.5 Å². The molecule has 2 aromatic heterocycles. The topological polar surface area (TPSA) is 95.1 Å². The lowest BCUT2D eigenvalue weighted by molar-refractivity contribution is -0.118. The normalized spacial score (nSPS) is 10.9. The molecule has 0 aliphatic rings. The van der Waals surface area contributed by atoms with Crippen molar-refractivity contribution in [2.24, 2.45) is 0 Å². The number of anilines is 1. The Kier molecular flexibility index (Phi) is 6.44. The van der Waals surface area contributed by atoms with E-state index in [-0.39, 0.29) is 24.7 Å². The van der Waals surface area contributed by atoms with Gasteiger partial charge in [0.1, 0.15) is 23.9 Å². The fourth-order valence-electron chi connectivity index (χ4n) is 3.31. The number of carbonyl (C=O) groups is 1. The maximum Gasteiger partial charge on any atom is 0.287 e. The molecule has 0 radical (unpaired) electrons. The number of fused-ring (bicyclic) bond motifs is 1. The number of hydrogen-bond acceptors (Lipinski definition) is 6. The molecule has 0 spiro atoms. The molecule has 8 nitrogen and oxygen atoms in total. The second-order valence-corrected chi connectivity index (χ2v) is 7.71. The largest absolute Gasteiger partial charge is 0.485 e. The summed E-state index contributed by atoms with van der Waals surface area (Å²) in [5.74, 6) is 1.38. The molecular weight excluding hydrogens is 422 g/mol. The van der Waals surface area contributed by atoms with Gasteiger partial charge in [0, 0.05) is 12.1 Å². The molecule has 33 heavy (non-hydrogen) atoms. The van der Waals surface area contributed by atoms with E-state index in [0.717, 1.165) is 16.6 Å². The first-order chi connectivity index (χ1) is 15.9. The Morgan fingerprint density at radius 2 is 1.85 bits per heavy atom. The van der Waals surface area contributed by atoms with Crippen molar-refractivity contribution in [1.29, 1.82) is 0 Å². The molecule has 2 heterocycles. The fourth-order valence-corrected chi connectivity index (χ4v) is 3.31. The Morgan fingerprint density at radius 3 is 2.61 bits per heavy atom. The summed E-state index contributed by atoms with van der Waals surface area (Å²) in [6.45, 7) is 5.68. The quantitative estimate of drug-likeness (QED) is 0.438. The van der Waals surface area contributed by atoms with E-state index in [0.29, 0.717) is 34.3 Å². The van der Waals surface area contributed by atoms with Gasteiger partial charge in [0.25, 0.3) is 11.5 Å². The lowest BCUT2D eigenvalue weighted by Gasteiger charge is -2.14. The van der Waals surface area contributed by atoms with Crippen molar-refractivity contribution < 1.29 is 18.8 Å². The van der Waals surface area contributed by atoms with E-state index in [4.69, 9.17) is 14.0 Å². The van der Waals surface area contributed by atoms with Gasteiger partial charge in [0.15, 0.2) is 12.3 Å². The molecule has 1 amide bonds. The average Bonchev–Trinajstić information content (AvgIpc) is 3.19. The maximum atomic E-state index is 12.5.